The summed E-state index contributed by atoms with van der Waals surface area (Å²) >= 11 is 0. The molecule has 12 heteroatoms. The first-order valence-corrected chi connectivity index (χ1v) is 13.8. The molecule has 1 aliphatic carbocycles. The summed E-state index contributed by atoms with van der Waals surface area (Å²) in [5.74, 6) is -3.10. The number of nitrogens with zero attached hydrogens (tertiary/aromatic N) is 3. The number of phenolic OH excluding ortho intramolecular Hbond substituents is 2. The molecule has 2 bridgehead atoms. The molecular weight excluding hydrogens is 558 g/mol. The lowest BCUT2D eigenvalue weighted by Crippen LogP contribution is -2.72. The van der Waals surface area contributed by atoms with E-state index in [2.05, 4.69) is 6.07 Å². The van der Waals surface area contributed by atoms with Gasteiger partial charge in [-0.05, 0) is 41.2 Å². The smallest absolute Gasteiger partial charge is 0.333 e. The van der Waals surface area contributed by atoms with Crippen LogP contribution in [0.25, 0.3) is 0 Å². The first-order valence-electron chi connectivity index (χ1n) is 13.8. The molecule has 226 valence electrons. The van der Waals surface area contributed by atoms with Gasteiger partial charge in [-0.15, -0.1) is 0 Å². The largest absolute Gasteiger partial charge is 0.507 e. The zero-order valence-electron chi connectivity index (χ0n) is 25.0. The van der Waals surface area contributed by atoms with E-state index in [4.69, 9.17) is 14.2 Å². The lowest BCUT2D eigenvalue weighted by atomic mass is 9.69. The van der Waals surface area contributed by atoms with E-state index in [1.807, 2.05) is 0 Å². The highest BCUT2D eigenvalue weighted by Crippen LogP contribution is 2.56. The quantitative estimate of drug-likeness (QED) is 0.222. The van der Waals surface area contributed by atoms with Crippen molar-refractivity contribution in [2.75, 3.05) is 27.9 Å². The van der Waals surface area contributed by atoms with Gasteiger partial charge in [-0.1, -0.05) is 6.08 Å². The van der Waals surface area contributed by atoms with Gasteiger partial charge in [-0.2, -0.15) is 5.26 Å². The summed E-state index contributed by atoms with van der Waals surface area (Å²) < 4.78 is 16.3. The van der Waals surface area contributed by atoms with Gasteiger partial charge in [0.05, 0.1) is 37.9 Å². The van der Waals surface area contributed by atoms with Crippen molar-refractivity contribution in [3.8, 4) is 23.3 Å². The lowest BCUT2D eigenvalue weighted by molar-refractivity contribution is -0.143. The van der Waals surface area contributed by atoms with Crippen LogP contribution in [-0.4, -0.2) is 95.4 Å². The Kier molecular flexibility index (Phi) is 7.44. The fourth-order valence-electron chi connectivity index (χ4n) is 7.08. The van der Waals surface area contributed by atoms with E-state index in [0.717, 1.165) is 0 Å². The second kappa shape index (κ2) is 10.7. The standard InChI is InChI=1S/C31H33N3O9/c1-8-12(2)31(40)43-11-18-19-15(24(35)13(3)29(41-6)27(19)38)9-16-22-20-21(25(36)14(4)30(42-7)28(20)39)26(37)23(33(22)5)17(10-32)34(16)18/h8,16-18,22-23,36,39H,9,11H2,1-7H3/b12-8-/t16-,17-,18-,22-,23+/m0/s1. The number of methoxy groups -OCH3 is 2. The highest BCUT2D eigenvalue weighted by atomic mass is 16.5. The highest BCUT2D eigenvalue weighted by molar-refractivity contribution is 6.25. The van der Waals surface area contributed by atoms with E-state index in [-0.39, 0.29) is 62.8 Å². The van der Waals surface area contributed by atoms with E-state index < -0.39 is 60.1 Å². The maximum atomic E-state index is 14.1. The molecule has 2 N–H and O–H groups in total. The minimum atomic E-state index is -1.18. The highest BCUT2D eigenvalue weighted by Gasteiger charge is 2.61. The van der Waals surface area contributed by atoms with Crippen molar-refractivity contribution < 1.29 is 43.6 Å². The van der Waals surface area contributed by atoms with Crippen molar-refractivity contribution in [3.05, 3.63) is 50.8 Å². The number of rotatable bonds is 5. The van der Waals surface area contributed by atoms with Gasteiger partial charge in [-0.3, -0.25) is 24.2 Å². The Labute approximate surface area is 248 Å². The molecule has 1 fully saturated rings. The summed E-state index contributed by atoms with van der Waals surface area (Å²) in [5.41, 5.74) is 0.810. The fourth-order valence-corrected chi connectivity index (χ4v) is 7.08. The molecule has 0 spiro atoms. The van der Waals surface area contributed by atoms with Crippen molar-refractivity contribution in [1.82, 2.24) is 9.80 Å². The second-order valence-corrected chi connectivity index (χ2v) is 11.2. The predicted molar refractivity (Wildman–Crippen MR) is 150 cm³/mol. The van der Waals surface area contributed by atoms with Gasteiger partial charge in [0.2, 0.25) is 5.78 Å². The van der Waals surface area contributed by atoms with Crippen LogP contribution in [0.1, 0.15) is 54.7 Å². The Morgan fingerprint density at radius 2 is 1.77 bits per heavy atom. The van der Waals surface area contributed by atoms with Gasteiger partial charge in [0.25, 0.3) is 0 Å². The van der Waals surface area contributed by atoms with Crippen LogP contribution in [0.5, 0.6) is 17.2 Å². The van der Waals surface area contributed by atoms with Crippen molar-refractivity contribution in [2.45, 2.75) is 64.3 Å². The maximum Gasteiger partial charge on any atom is 0.333 e. The van der Waals surface area contributed by atoms with Crippen LogP contribution < -0.4 is 4.74 Å². The number of ketones is 3. The van der Waals surface area contributed by atoms with E-state index in [9.17, 15) is 34.7 Å². The number of fused-ring (bicyclic) bond motifs is 6. The van der Waals surface area contributed by atoms with E-state index in [1.54, 1.807) is 36.8 Å². The van der Waals surface area contributed by atoms with Crippen LogP contribution in [-0.2, 0) is 23.9 Å². The summed E-state index contributed by atoms with van der Waals surface area (Å²) in [6.45, 7) is 5.84. The molecule has 12 nitrogen and oxygen atoms in total. The second-order valence-electron chi connectivity index (χ2n) is 11.2. The summed E-state index contributed by atoms with van der Waals surface area (Å²) in [6, 6.07) is -2.79. The number of piperazine rings is 1. The Hall–Kier alpha value is -4.47. The minimum Gasteiger partial charge on any atom is -0.507 e. The van der Waals surface area contributed by atoms with Gasteiger partial charge in [0.15, 0.2) is 28.8 Å². The normalized spacial score (nSPS) is 27.3. The van der Waals surface area contributed by atoms with Crippen LogP contribution >= 0.6 is 0 Å². The van der Waals surface area contributed by atoms with Gasteiger partial charge < -0.3 is 24.4 Å². The SMILES string of the molecule is C/C=C(/C)C(=O)OC[C@H]1C2=C(C[C@H]3[C@H]4c5c(O)c(OC)c(C)c(O)c5C(=O)[C@@H]([C@H](C#N)N13)N4C)C(=O)C(C)=C(OC)C2=O. The number of Topliss-reactive ketones (excluding diaryl/α,β-unsaturated/α-hetero) is 3. The number of esters is 1. The van der Waals surface area contributed by atoms with Gasteiger partial charge in [0, 0.05) is 39.5 Å². The predicted octanol–water partition coefficient (Wildman–Crippen LogP) is 2.18. The molecule has 1 aromatic rings. The molecule has 1 saturated heterocycles. The molecule has 0 aromatic heterocycles. The molecule has 5 rings (SSSR count). The monoisotopic (exact) mass is 591 g/mol. The Bertz CT molecular complexity index is 1630. The van der Waals surface area contributed by atoms with Crippen LogP contribution in [0.15, 0.2) is 34.1 Å². The molecule has 0 unspecified atom stereocenters. The number of hydrogen-bond donors (Lipinski definition) is 2. The van der Waals surface area contributed by atoms with Crippen LogP contribution in [0, 0.1) is 18.3 Å². The molecule has 3 heterocycles. The van der Waals surface area contributed by atoms with E-state index in [0.29, 0.717) is 5.57 Å². The van der Waals surface area contributed by atoms with Crippen molar-refractivity contribution in [1.29, 1.82) is 5.26 Å². The first-order chi connectivity index (χ1) is 20.4. The molecule has 43 heavy (non-hydrogen) atoms. The molecule has 0 radical (unpaired) electrons. The summed E-state index contributed by atoms with van der Waals surface area (Å²) in [5, 5.41) is 33.1. The van der Waals surface area contributed by atoms with E-state index in [1.165, 1.54) is 28.1 Å². The molecule has 3 aliphatic heterocycles. The van der Waals surface area contributed by atoms with Crippen molar-refractivity contribution >= 4 is 23.3 Å². The average molecular weight is 592 g/mol. The number of allylic oxidation sites excluding steroid dienone is 3. The molecular formula is C31H33N3O9. The number of likely N-dealkylation sites (N-methyl/N-ethyl adjacent to an activating group) is 1. The third-order valence-corrected chi connectivity index (χ3v) is 9.23. The van der Waals surface area contributed by atoms with Crippen LogP contribution in [0.4, 0.5) is 0 Å². The van der Waals surface area contributed by atoms with Gasteiger partial charge in [-0.25, -0.2) is 4.79 Å². The minimum absolute atomic E-state index is 0.0136. The Morgan fingerprint density at radius 3 is 2.35 bits per heavy atom. The Morgan fingerprint density at radius 1 is 1.09 bits per heavy atom. The molecule has 0 amide bonds. The zero-order chi connectivity index (χ0) is 31.7. The van der Waals surface area contributed by atoms with Gasteiger partial charge >= 0.3 is 5.97 Å². The number of nitriles is 1. The molecule has 0 saturated carbocycles. The summed E-state index contributed by atoms with van der Waals surface area (Å²) in [6.07, 6.45) is 1.54. The molecule has 5 atom stereocenters. The van der Waals surface area contributed by atoms with Crippen LogP contribution in [0.3, 0.4) is 0 Å². The number of benzene rings is 1. The number of carbonyl (C=O) groups is 4. The fraction of sp³-hybridized carbons (Fsp3) is 0.452. The number of hydrogen-bond acceptors (Lipinski definition) is 12. The third-order valence-electron chi connectivity index (χ3n) is 9.23. The Balaban J connectivity index is 1.78. The molecule has 4 aliphatic rings. The van der Waals surface area contributed by atoms with Crippen molar-refractivity contribution in [2.24, 2.45) is 0 Å². The average Bonchev–Trinajstić information content (AvgIpc) is 2.98. The van der Waals surface area contributed by atoms with Gasteiger partial charge in [0.1, 0.15) is 24.4 Å². The molecule has 1 aromatic carbocycles. The number of carbonyl (C=O) groups excluding carboxylic acids is 4. The lowest BCUT2D eigenvalue weighted by Gasteiger charge is -2.59. The third kappa shape index (κ3) is 4.02. The zero-order valence-corrected chi connectivity index (χ0v) is 25.0. The summed E-state index contributed by atoms with van der Waals surface area (Å²) in [7, 11) is 4.24. The number of ether oxygens (including phenoxy) is 3. The first kappa shape index (κ1) is 30.0. The summed E-state index contributed by atoms with van der Waals surface area (Å²) in [4.78, 5) is 57.7. The topological polar surface area (TPSA) is 167 Å². The maximum absolute atomic E-state index is 14.1. The van der Waals surface area contributed by atoms with E-state index >= 15 is 0 Å². The van der Waals surface area contributed by atoms with Crippen molar-refractivity contribution in [3.63, 3.8) is 0 Å². The number of aromatic hydroxyl groups is 2. The number of phenols is 2. The van der Waals surface area contributed by atoms with Crippen LogP contribution in [0.2, 0.25) is 0 Å².